The van der Waals surface area contributed by atoms with Crippen molar-refractivity contribution >= 4 is 34.9 Å². The first-order valence-electron chi connectivity index (χ1n) is 11.7. The molecule has 10 nitrogen and oxygen atoms in total. The van der Waals surface area contributed by atoms with Crippen molar-refractivity contribution in [2.45, 2.75) is 32.6 Å². The Bertz CT molecular complexity index is 1270. The molecular formula is C26H30ClN5O5. The van der Waals surface area contributed by atoms with Gasteiger partial charge in [-0.2, -0.15) is 5.10 Å². The Balaban J connectivity index is 1.86. The number of halogens is 1. The third-order valence-electron chi connectivity index (χ3n) is 5.55. The van der Waals surface area contributed by atoms with E-state index < -0.39 is 16.7 Å². The van der Waals surface area contributed by atoms with Crippen LogP contribution in [0.1, 0.15) is 43.2 Å². The van der Waals surface area contributed by atoms with Crippen LogP contribution in [-0.2, 0) is 14.9 Å². The Labute approximate surface area is 220 Å². The number of nitrogens with zero attached hydrogens (tertiary/aromatic N) is 4. The Morgan fingerprint density at radius 3 is 2.43 bits per heavy atom. The summed E-state index contributed by atoms with van der Waals surface area (Å²) in [5, 5.41) is 19.0. The van der Waals surface area contributed by atoms with Gasteiger partial charge in [0.1, 0.15) is 12.4 Å². The second kappa shape index (κ2) is 12.0. The van der Waals surface area contributed by atoms with Crippen LogP contribution in [0.3, 0.4) is 0 Å². The molecule has 0 radical (unpaired) electrons. The highest BCUT2D eigenvalue weighted by molar-refractivity contribution is 6.32. The van der Waals surface area contributed by atoms with Crippen molar-refractivity contribution < 1.29 is 19.2 Å². The van der Waals surface area contributed by atoms with E-state index in [1.807, 2.05) is 26.8 Å². The quantitative estimate of drug-likeness (QED) is 0.229. The maximum absolute atomic E-state index is 13.2. The van der Waals surface area contributed by atoms with Gasteiger partial charge in [0.15, 0.2) is 0 Å². The molecule has 0 aliphatic heterocycles. The number of nitro benzene ring substituents is 1. The van der Waals surface area contributed by atoms with Crippen LogP contribution < -0.4 is 5.32 Å². The number of anilines is 1. The minimum atomic E-state index is -0.536. The number of non-ortho nitro benzene ring substituents is 1. The van der Waals surface area contributed by atoms with E-state index in [4.69, 9.17) is 16.3 Å². The van der Waals surface area contributed by atoms with E-state index in [2.05, 4.69) is 10.4 Å². The highest BCUT2D eigenvalue weighted by atomic mass is 35.5. The van der Waals surface area contributed by atoms with Gasteiger partial charge < -0.3 is 15.0 Å². The molecule has 0 saturated heterocycles. The van der Waals surface area contributed by atoms with Crippen molar-refractivity contribution in [3.05, 3.63) is 81.0 Å². The van der Waals surface area contributed by atoms with Crippen LogP contribution in [0.2, 0.25) is 5.02 Å². The molecule has 37 heavy (non-hydrogen) atoms. The van der Waals surface area contributed by atoms with Crippen LogP contribution in [0.25, 0.3) is 5.69 Å². The second-order valence-electron chi connectivity index (χ2n) is 9.45. The van der Waals surface area contributed by atoms with E-state index in [-0.39, 0.29) is 29.8 Å². The topological polar surface area (TPSA) is 120 Å². The van der Waals surface area contributed by atoms with Crippen LogP contribution in [0.4, 0.5) is 11.5 Å². The van der Waals surface area contributed by atoms with Crippen molar-refractivity contribution in [1.29, 1.82) is 0 Å². The van der Waals surface area contributed by atoms with Crippen molar-refractivity contribution in [2.75, 3.05) is 32.1 Å². The minimum absolute atomic E-state index is 0.122. The van der Waals surface area contributed by atoms with Gasteiger partial charge >= 0.3 is 0 Å². The number of methoxy groups -OCH3 is 1. The minimum Gasteiger partial charge on any atom is -0.385 e. The number of carbonyl (C=O) groups excluding carboxylic acids is 2. The maximum atomic E-state index is 13.2. The van der Waals surface area contributed by atoms with Crippen LogP contribution in [-0.4, -0.2) is 58.2 Å². The summed E-state index contributed by atoms with van der Waals surface area (Å²) >= 11 is 6.41. The molecule has 0 unspecified atom stereocenters. The molecule has 0 aliphatic rings. The lowest BCUT2D eigenvalue weighted by Crippen LogP contribution is -2.39. The van der Waals surface area contributed by atoms with Crippen LogP contribution in [0, 0.1) is 10.1 Å². The summed E-state index contributed by atoms with van der Waals surface area (Å²) in [4.78, 5) is 38.1. The molecule has 0 atom stereocenters. The molecule has 2 aromatic carbocycles. The summed E-state index contributed by atoms with van der Waals surface area (Å²) in [6.07, 6.45) is 0.508. The zero-order valence-electron chi connectivity index (χ0n) is 21.2. The van der Waals surface area contributed by atoms with Crippen LogP contribution >= 0.6 is 11.6 Å². The van der Waals surface area contributed by atoms with Gasteiger partial charge in [-0.05, 0) is 30.7 Å². The number of rotatable bonds is 10. The van der Waals surface area contributed by atoms with E-state index in [9.17, 15) is 19.7 Å². The predicted molar refractivity (Wildman–Crippen MR) is 141 cm³/mol. The van der Waals surface area contributed by atoms with Crippen molar-refractivity contribution in [2.24, 2.45) is 0 Å². The molecule has 11 heteroatoms. The predicted octanol–water partition coefficient (Wildman–Crippen LogP) is 4.85. The summed E-state index contributed by atoms with van der Waals surface area (Å²) < 4.78 is 6.67. The van der Waals surface area contributed by atoms with Gasteiger partial charge in [0, 0.05) is 49.4 Å². The molecule has 196 valence electrons. The van der Waals surface area contributed by atoms with Gasteiger partial charge in [-0.25, -0.2) is 4.68 Å². The average Bonchev–Trinajstić information content (AvgIpc) is 3.27. The van der Waals surface area contributed by atoms with Crippen molar-refractivity contribution in [3.8, 4) is 5.69 Å². The molecule has 3 rings (SSSR count). The molecule has 0 spiro atoms. The molecule has 3 aromatic rings. The third kappa shape index (κ3) is 7.14. The molecule has 1 N–H and O–H groups in total. The molecule has 0 aliphatic carbocycles. The van der Waals surface area contributed by atoms with Gasteiger partial charge in [0.25, 0.3) is 11.6 Å². The number of benzene rings is 2. The maximum Gasteiger partial charge on any atom is 0.269 e. The number of carbonyl (C=O) groups is 2. The zero-order chi connectivity index (χ0) is 27.2. The number of hydrogen-bond donors (Lipinski definition) is 1. The van der Waals surface area contributed by atoms with Crippen LogP contribution in [0.15, 0.2) is 54.6 Å². The lowest BCUT2D eigenvalue weighted by Gasteiger charge is -2.22. The number of amides is 2. The van der Waals surface area contributed by atoms with Gasteiger partial charge in [0.05, 0.1) is 21.3 Å². The SMILES string of the molecule is COCCCN(CC(=O)Nc1cc(C(C)(C)C)nn1-c1ccccc1Cl)C(=O)c1ccc([N+](=O)[O-])cc1. The standard InChI is InChI=1S/C26H30ClN5O5/c1-26(2,3)22-16-23(31(29-22)21-9-6-5-8-20(21)27)28-24(33)17-30(14-7-15-37-4)25(34)18-10-12-19(13-11-18)32(35)36/h5-6,8-13,16H,7,14-15,17H2,1-4H3,(H,28,33). The number of hydrogen-bond acceptors (Lipinski definition) is 6. The number of aromatic nitrogens is 2. The summed E-state index contributed by atoms with van der Waals surface area (Å²) in [5.74, 6) is -0.430. The van der Waals surface area contributed by atoms with Crippen LogP contribution in [0.5, 0.6) is 0 Å². The number of nitro groups is 1. The van der Waals surface area contributed by atoms with Crippen molar-refractivity contribution in [1.82, 2.24) is 14.7 Å². The molecule has 1 heterocycles. The third-order valence-corrected chi connectivity index (χ3v) is 5.87. The molecule has 1 aromatic heterocycles. The summed E-state index contributed by atoms with van der Waals surface area (Å²) in [6.45, 7) is 6.46. The first-order valence-corrected chi connectivity index (χ1v) is 12.1. The van der Waals surface area contributed by atoms with E-state index in [1.165, 1.54) is 29.2 Å². The Kier molecular flexibility index (Phi) is 9.01. The second-order valence-corrected chi connectivity index (χ2v) is 9.86. The van der Waals surface area contributed by atoms with Crippen molar-refractivity contribution in [3.63, 3.8) is 0 Å². The van der Waals surface area contributed by atoms with Gasteiger partial charge in [-0.3, -0.25) is 19.7 Å². The van der Waals surface area contributed by atoms with E-state index in [0.717, 1.165) is 5.69 Å². The molecular weight excluding hydrogens is 498 g/mol. The summed E-state index contributed by atoms with van der Waals surface area (Å²) in [6, 6.07) is 14.2. The fraction of sp³-hybridized carbons (Fsp3) is 0.346. The summed E-state index contributed by atoms with van der Waals surface area (Å²) in [7, 11) is 1.55. The van der Waals surface area contributed by atoms with E-state index in [0.29, 0.717) is 29.6 Å². The first-order chi connectivity index (χ1) is 17.5. The lowest BCUT2D eigenvalue weighted by atomic mass is 9.92. The lowest BCUT2D eigenvalue weighted by molar-refractivity contribution is -0.384. The van der Waals surface area contributed by atoms with E-state index >= 15 is 0 Å². The fourth-order valence-electron chi connectivity index (χ4n) is 3.56. The monoisotopic (exact) mass is 527 g/mol. The van der Waals surface area contributed by atoms with Gasteiger partial charge in [0.2, 0.25) is 5.91 Å². The Morgan fingerprint density at radius 2 is 1.84 bits per heavy atom. The highest BCUT2D eigenvalue weighted by Gasteiger charge is 2.24. The highest BCUT2D eigenvalue weighted by Crippen LogP contribution is 2.29. The van der Waals surface area contributed by atoms with Gasteiger partial charge in [-0.15, -0.1) is 0 Å². The zero-order valence-corrected chi connectivity index (χ0v) is 22.0. The van der Waals surface area contributed by atoms with E-state index in [1.54, 1.807) is 36.1 Å². The number of nitrogens with one attached hydrogen (secondary N) is 1. The molecule has 0 saturated carbocycles. The normalized spacial score (nSPS) is 11.3. The molecule has 2 amide bonds. The number of para-hydroxylation sites is 1. The molecule has 0 fully saturated rings. The average molecular weight is 528 g/mol. The summed E-state index contributed by atoms with van der Waals surface area (Å²) in [5.41, 5.74) is 1.19. The fourth-order valence-corrected chi connectivity index (χ4v) is 3.78. The Morgan fingerprint density at radius 1 is 1.16 bits per heavy atom. The largest absolute Gasteiger partial charge is 0.385 e. The smallest absolute Gasteiger partial charge is 0.269 e. The van der Waals surface area contributed by atoms with Gasteiger partial charge in [-0.1, -0.05) is 44.5 Å². The molecule has 0 bridgehead atoms. The first kappa shape index (κ1) is 27.8. The number of ether oxygens (including phenoxy) is 1. The Hall–Kier alpha value is -3.76.